The van der Waals surface area contributed by atoms with Crippen LogP contribution in [0.4, 0.5) is 5.69 Å². The molecule has 0 unspecified atom stereocenters. The summed E-state index contributed by atoms with van der Waals surface area (Å²) in [5.41, 5.74) is 2.37. The van der Waals surface area contributed by atoms with Crippen LogP contribution in [-0.2, 0) is 5.88 Å². The first kappa shape index (κ1) is 14.0. The van der Waals surface area contributed by atoms with Gasteiger partial charge in [-0.05, 0) is 36.7 Å². The summed E-state index contributed by atoms with van der Waals surface area (Å²) in [7, 11) is 0. The molecule has 0 saturated carbocycles. The predicted molar refractivity (Wildman–Crippen MR) is 80.0 cm³/mol. The number of piperazine rings is 1. The Balaban J connectivity index is 2.05. The van der Waals surface area contributed by atoms with Crippen LogP contribution in [-0.4, -0.2) is 37.6 Å². The van der Waals surface area contributed by atoms with Crippen LogP contribution >= 0.6 is 23.2 Å². The van der Waals surface area contributed by atoms with Crippen molar-refractivity contribution in [3.05, 3.63) is 28.8 Å². The average molecular weight is 287 g/mol. The van der Waals surface area contributed by atoms with Crippen molar-refractivity contribution < 1.29 is 0 Å². The summed E-state index contributed by atoms with van der Waals surface area (Å²) in [6.45, 7) is 7.86. The number of rotatable bonds is 4. The van der Waals surface area contributed by atoms with E-state index < -0.39 is 0 Å². The van der Waals surface area contributed by atoms with Gasteiger partial charge in [0.25, 0.3) is 0 Å². The minimum absolute atomic E-state index is 0.519. The van der Waals surface area contributed by atoms with Gasteiger partial charge in [0.05, 0.1) is 0 Å². The van der Waals surface area contributed by atoms with Gasteiger partial charge in [-0.15, -0.1) is 11.6 Å². The van der Waals surface area contributed by atoms with E-state index in [1.165, 1.54) is 18.7 Å². The van der Waals surface area contributed by atoms with Gasteiger partial charge in [-0.1, -0.05) is 18.5 Å². The zero-order valence-electron chi connectivity index (χ0n) is 10.8. The molecule has 1 heterocycles. The smallest absolute Gasteiger partial charge is 0.0495 e. The van der Waals surface area contributed by atoms with E-state index in [4.69, 9.17) is 23.2 Å². The molecule has 1 saturated heterocycles. The molecule has 1 aliphatic rings. The Morgan fingerprint density at radius 1 is 1.17 bits per heavy atom. The highest BCUT2D eigenvalue weighted by molar-refractivity contribution is 6.30. The maximum atomic E-state index is 6.01. The Morgan fingerprint density at radius 3 is 2.50 bits per heavy atom. The first-order chi connectivity index (χ1) is 8.74. The molecule has 4 heteroatoms. The molecule has 1 aliphatic heterocycles. The molecule has 1 aromatic carbocycles. The van der Waals surface area contributed by atoms with Gasteiger partial charge in [0.15, 0.2) is 0 Å². The van der Waals surface area contributed by atoms with Gasteiger partial charge in [0.2, 0.25) is 0 Å². The minimum Gasteiger partial charge on any atom is -0.369 e. The fraction of sp³-hybridized carbons (Fsp3) is 0.571. The summed E-state index contributed by atoms with van der Waals surface area (Å²) in [4.78, 5) is 4.94. The van der Waals surface area contributed by atoms with Gasteiger partial charge in [-0.25, -0.2) is 0 Å². The van der Waals surface area contributed by atoms with Crippen molar-refractivity contribution in [2.45, 2.75) is 19.2 Å². The molecule has 1 fully saturated rings. The molecule has 0 atom stereocenters. The molecule has 0 bridgehead atoms. The van der Waals surface area contributed by atoms with Crippen molar-refractivity contribution in [2.75, 3.05) is 37.6 Å². The van der Waals surface area contributed by atoms with Gasteiger partial charge < -0.3 is 4.90 Å². The molecule has 0 amide bonds. The third-order valence-electron chi connectivity index (χ3n) is 3.44. The van der Waals surface area contributed by atoms with Crippen molar-refractivity contribution in [3.8, 4) is 0 Å². The highest BCUT2D eigenvalue weighted by Crippen LogP contribution is 2.26. The average Bonchev–Trinajstić information content (AvgIpc) is 2.40. The largest absolute Gasteiger partial charge is 0.369 e. The molecule has 0 aromatic heterocycles. The van der Waals surface area contributed by atoms with Crippen LogP contribution in [0.2, 0.25) is 5.02 Å². The summed E-state index contributed by atoms with van der Waals surface area (Å²) < 4.78 is 0. The monoisotopic (exact) mass is 286 g/mol. The van der Waals surface area contributed by atoms with E-state index in [9.17, 15) is 0 Å². The summed E-state index contributed by atoms with van der Waals surface area (Å²) in [6.07, 6.45) is 1.23. The standard InChI is InChI=1S/C14H20Cl2N2/c1-2-5-17-6-8-18(9-7-17)14-4-3-13(16)10-12(14)11-15/h3-4,10H,2,5-9,11H2,1H3. The maximum absolute atomic E-state index is 6.01. The Labute approximate surface area is 119 Å². The lowest BCUT2D eigenvalue weighted by Gasteiger charge is -2.36. The summed E-state index contributed by atoms with van der Waals surface area (Å²) in [5, 5.41) is 0.763. The van der Waals surface area contributed by atoms with Crippen LogP contribution in [0.25, 0.3) is 0 Å². The molecule has 1 aromatic rings. The summed E-state index contributed by atoms with van der Waals surface area (Å²) >= 11 is 12.0. The summed E-state index contributed by atoms with van der Waals surface area (Å²) in [5.74, 6) is 0.519. The third kappa shape index (κ3) is 3.31. The third-order valence-corrected chi connectivity index (χ3v) is 3.96. The molecule has 2 rings (SSSR count). The van der Waals surface area contributed by atoms with Crippen LogP contribution in [0.5, 0.6) is 0 Å². The minimum atomic E-state index is 0.519. The van der Waals surface area contributed by atoms with Gasteiger partial charge in [0, 0.05) is 42.8 Å². The van der Waals surface area contributed by atoms with Crippen LogP contribution < -0.4 is 4.90 Å². The number of anilines is 1. The normalized spacial score (nSPS) is 17.2. The second-order valence-corrected chi connectivity index (χ2v) is 5.44. The van der Waals surface area contributed by atoms with Crippen molar-refractivity contribution >= 4 is 28.9 Å². The van der Waals surface area contributed by atoms with Crippen molar-refractivity contribution in [1.29, 1.82) is 0 Å². The molecule has 0 aliphatic carbocycles. The lowest BCUT2D eigenvalue weighted by atomic mass is 10.1. The van der Waals surface area contributed by atoms with Crippen LogP contribution in [0.15, 0.2) is 18.2 Å². The molecule has 18 heavy (non-hydrogen) atoms. The Bertz CT molecular complexity index is 387. The zero-order chi connectivity index (χ0) is 13.0. The molecule has 0 N–H and O–H groups in total. The van der Waals surface area contributed by atoms with Gasteiger partial charge in [-0.3, -0.25) is 4.90 Å². The van der Waals surface area contributed by atoms with E-state index in [1.807, 2.05) is 12.1 Å². The van der Waals surface area contributed by atoms with E-state index >= 15 is 0 Å². The van der Waals surface area contributed by atoms with Crippen molar-refractivity contribution in [1.82, 2.24) is 4.90 Å². The number of nitrogens with zero attached hydrogens (tertiary/aromatic N) is 2. The molecule has 0 spiro atoms. The number of hydrogen-bond donors (Lipinski definition) is 0. The highest BCUT2D eigenvalue weighted by Gasteiger charge is 2.18. The first-order valence-corrected chi connectivity index (χ1v) is 7.47. The van der Waals surface area contributed by atoms with E-state index in [2.05, 4.69) is 22.8 Å². The lowest BCUT2D eigenvalue weighted by molar-refractivity contribution is 0.258. The fourth-order valence-corrected chi connectivity index (χ4v) is 2.91. The van der Waals surface area contributed by atoms with E-state index in [0.717, 1.165) is 36.8 Å². The molecular weight excluding hydrogens is 267 g/mol. The topological polar surface area (TPSA) is 6.48 Å². The van der Waals surface area contributed by atoms with E-state index in [1.54, 1.807) is 0 Å². The second kappa shape index (κ2) is 6.65. The Kier molecular flexibility index (Phi) is 5.16. The van der Waals surface area contributed by atoms with E-state index in [0.29, 0.717) is 5.88 Å². The lowest BCUT2D eigenvalue weighted by Crippen LogP contribution is -2.46. The van der Waals surface area contributed by atoms with Crippen molar-refractivity contribution in [3.63, 3.8) is 0 Å². The summed E-state index contributed by atoms with van der Waals surface area (Å²) in [6, 6.07) is 6.02. The van der Waals surface area contributed by atoms with E-state index in [-0.39, 0.29) is 0 Å². The van der Waals surface area contributed by atoms with Gasteiger partial charge in [0.1, 0.15) is 0 Å². The quantitative estimate of drug-likeness (QED) is 0.781. The fourth-order valence-electron chi connectivity index (χ4n) is 2.50. The Hall–Kier alpha value is -0.440. The van der Waals surface area contributed by atoms with Crippen molar-refractivity contribution in [2.24, 2.45) is 0 Å². The highest BCUT2D eigenvalue weighted by atomic mass is 35.5. The SMILES string of the molecule is CCCN1CCN(c2ccc(Cl)cc2CCl)CC1. The number of benzene rings is 1. The molecular formula is C14H20Cl2N2. The first-order valence-electron chi connectivity index (χ1n) is 6.56. The van der Waals surface area contributed by atoms with Crippen LogP contribution in [0, 0.1) is 0 Å². The molecule has 0 radical (unpaired) electrons. The molecule has 100 valence electrons. The van der Waals surface area contributed by atoms with Gasteiger partial charge >= 0.3 is 0 Å². The molecule has 2 nitrogen and oxygen atoms in total. The second-order valence-electron chi connectivity index (χ2n) is 4.74. The predicted octanol–water partition coefficient (Wildman–Crippen LogP) is 3.61. The zero-order valence-corrected chi connectivity index (χ0v) is 12.3. The van der Waals surface area contributed by atoms with Crippen LogP contribution in [0.3, 0.4) is 0 Å². The maximum Gasteiger partial charge on any atom is 0.0495 e. The number of alkyl halides is 1. The van der Waals surface area contributed by atoms with Gasteiger partial charge in [-0.2, -0.15) is 0 Å². The number of hydrogen-bond acceptors (Lipinski definition) is 2. The number of halogens is 2. The van der Waals surface area contributed by atoms with Crippen LogP contribution in [0.1, 0.15) is 18.9 Å². The Morgan fingerprint density at radius 2 is 1.89 bits per heavy atom.